The number of aromatic nitrogens is 4. The van der Waals surface area contributed by atoms with Gasteiger partial charge in [0.15, 0.2) is 0 Å². The molecule has 0 aliphatic carbocycles. The predicted octanol–water partition coefficient (Wildman–Crippen LogP) is 1.50. The van der Waals surface area contributed by atoms with Crippen molar-refractivity contribution in [1.82, 2.24) is 19.7 Å². The summed E-state index contributed by atoms with van der Waals surface area (Å²) in [7, 11) is 0. The van der Waals surface area contributed by atoms with Crippen LogP contribution in [0.1, 0.15) is 10.6 Å². The standard InChI is InChI=1S/C14H13N5O2S/c1-8-4-3-5-10-12(8)15-7-19(13(10)21)6-11(20)16-14-18-17-9(2)22-14/h3-5,7H,6H2,1-2H3,(H,16,18,20). The summed E-state index contributed by atoms with van der Waals surface area (Å²) in [5, 5.41) is 11.9. The molecule has 1 aromatic carbocycles. The lowest BCUT2D eigenvalue weighted by atomic mass is 10.1. The van der Waals surface area contributed by atoms with Gasteiger partial charge in [-0.1, -0.05) is 23.5 Å². The van der Waals surface area contributed by atoms with Gasteiger partial charge in [0, 0.05) is 0 Å². The van der Waals surface area contributed by atoms with E-state index in [4.69, 9.17) is 0 Å². The number of carbonyl (C=O) groups is 1. The van der Waals surface area contributed by atoms with E-state index in [1.54, 1.807) is 19.1 Å². The topological polar surface area (TPSA) is 89.8 Å². The minimum atomic E-state index is -0.341. The van der Waals surface area contributed by atoms with Gasteiger partial charge < -0.3 is 0 Å². The van der Waals surface area contributed by atoms with E-state index >= 15 is 0 Å². The minimum absolute atomic E-state index is 0.117. The zero-order chi connectivity index (χ0) is 15.7. The molecule has 0 saturated heterocycles. The van der Waals surface area contributed by atoms with E-state index in [1.807, 2.05) is 13.0 Å². The summed E-state index contributed by atoms with van der Waals surface area (Å²) in [4.78, 5) is 28.6. The van der Waals surface area contributed by atoms with Gasteiger partial charge in [-0.3, -0.25) is 19.5 Å². The fourth-order valence-electron chi connectivity index (χ4n) is 2.11. The van der Waals surface area contributed by atoms with E-state index in [2.05, 4.69) is 20.5 Å². The quantitative estimate of drug-likeness (QED) is 0.791. The van der Waals surface area contributed by atoms with E-state index in [9.17, 15) is 9.59 Å². The van der Waals surface area contributed by atoms with Crippen molar-refractivity contribution in [3.8, 4) is 0 Å². The number of fused-ring (bicyclic) bond motifs is 1. The smallest absolute Gasteiger partial charge is 0.261 e. The van der Waals surface area contributed by atoms with Gasteiger partial charge in [0.1, 0.15) is 11.6 Å². The van der Waals surface area contributed by atoms with Crippen LogP contribution in [-0.4, -0.2) is 25.7 Å². The Balaban J connectivity index is 1.86. The summed E-state index contributed by atoms with van der Waals surface area (Å²) in [6.07, 6.45) is 1.39. The molecule has 0 bridgehead atoms. The number of anilines is 1. The highest BCUT2D eigenvalue weighted by Gasteiger charge is 2.11. The second-order valence-corrected chi connectivity index (χ2v) is 6.00. The molecule has 0 fully saturated rings. The van der Waals surface area contributed by atoms with Gasteiger partial charge in [-0.05, 0) is 25.5 Å². The number of amides is 1. The van der Waals surface area contributed by atoms with E-state index in [0.29, 0.717) is 16.0 Å². The first-order chi connectivity index (χ1) is 10.5. The largest absolute Gasteiger partial charge is 0.299 e. The van der Waals surface area contributed by atoms with Crippen molar-refractivity contribution in [1.29, 1.82) is 0 Å². The Labute approximate surface area is 129 Å². The summed E-state index contributed by atoms with van der Waals surface area (Å²) >= 11 is 1.28. The average Bonchev–Trinajstić information content (AvgIpc) is 2.88. The number of hydrogen-bond acceptors (Lipinski definition) is 6. The Morgan fingerprint density at radius 3 is 2.86 bits per heavy atom. The highest BCUT2D eigenvalue weighted by molar-refractivity contribution is 7.15. The van der Waals surface area contributed by atoms with Crippen LogP contribution in [0, 0.1) is 13.8 Å². The molecule has 0 saturated carbocycles. The van der Waals surface area contributed by atoms with E-state index in [-0.39, 0.29) is 18.0 Å². The predicted molar refractivity (Wildman–Crippen MR) is 84.0 cm³/mol. The third kappa shape index (κ3) is 2.73. The molecule has 2 heterocycles. The van der Waals surface area contributed by atoms with Crippen molar-refractivity contribution >= 4 is 33.3 Å². The first-order valence-corrected chi connectivity index (χ1v) is 7.41. The number of benzene rings is 1. The number of hydrogen-bond donors (Lipinski definition) is 1. The molecule has 0 aliphatic rings. The molecule has 1 N–H and O–H groups in total. The van der Waals surface area contributed by atoms with Gasteiger partial charge in [0.05, 0.1) is 17.2 Å². The fourth-order valence-corrected chi connectivity index (χ4v) is 2.72. The van der Waals surface area contributed by atoms with Crippen LogP contribution in [0.5, 0.6) is 0 Å². The summed E-state index contributed by atoms with van der Waals surface area (Å²) in [5.74, 6) is -0.341. The molecule has 8 heteroatoms. The van der Waals surface area contributed by atoms with Gasteiger partial charge in [-0.25, -0.2) is 4.98 Å². The van der Waals surface area contributed by atoms with Crippen molar-refractivity contribution in [3.63, 3.8) is 0 Å². The maximum Gasteiger partial charge on any atom is 0.261 e. The van der Waals surface area contributed by atoms with Crippen LogP contribution >= 0.6 is 11.3 Å². The molecule has 3 rings (SSSR count). The van der Waals surface area contributed by atoms with Gasteiger partial charge in [-0.15, -0.1) is 10.2 Å². The SMILES string of the molecule is Cc1nnc(NC(=O)Cn2cnc3c(C)cccc3c2=O)s1. The number of carbonyl (C=O) groups excluding carboxylic acids is 1. The molecular weight excluding hydrogens is 302 g/mol. The molecule has 22 heavy (non-hydrogen) atoms. The third-order valence-electron chi connectivity index (χ3n) is 3.14. The maximum absolute atomic E-state index is 12.4. The first kappa shape index (κ1) is 14.3. The maximum atomic E-state index is 12.4. The van der Waals surface area contributed by atoms with Crippen molar-refractivity contribution in [2.24, 2.45) is 0 Å². The first-order valence-electron chi connectivity index (χ1n) is 6.59. The van der Waals surface area contributed by atoms with E-state index in [1.165, 1.54) is 22.2 Å². The zero-order valence-corrected chi connectivity index (χ0v) is 12.8. The second kappa shape index (κ2) is 5.64. The molecule has 0 unspecified atom stereocenters. The lowest BCUT2D eigenvalue weighted by Gasteiger charge is -2.07. The number of nitrogens with zero attached hydrogens (tertiary/aromatic N) is 4. The molecule has 112 valence electrons. The Morgan fingerprint density at radius 1 is 1.32 bits per heavy atom. The molecule has 7 nitrogen and oxygen atoms in total. The normalized spacial score (nSPS) is 10.8. The number of para-hydroxylation sites is 1. The number of rotatable bonds is 3. The monoisotopic (exact) mass is 315 g/mol. The number of aryl methyl sites for hydroxylation is 2. The Morgan fingerprint density at radius 2 is 2.14 bits per heavy atom. The highest BCUT2D eigenvalue weighted by Crippen LogP contribution is 2.14. The minimum Gasteiger partial charge on any atom is -0.299 e. The summed E-state index contributed by atoms with van der Waals surface area (Å²) in [6.45, 7) is 3.57. The molecule has 0 spiro atoms. The average molecular weight is 315 g/mol. The van der Waals surface area contributed by atoms with Gasteiger partial charge in [0.2, 0.25) is 11.0 Å². The Bertz CT molecular complexity index is 915. The molecule has 0 atom stereocenters. The van der Waals surface area contributed by atoms with Gasteiger partial charge in [-0.2, -0.15) is 0 Å². The summed E-state index contributed by atoms with van der Waals surface area (Å²) < 4.78 is 1.28. The summed E-state index contributed by atoms with van der Waals surface area (Å²) in [5.41, 5.74) is 1.34. The van der Waals surface area contributed by atoms with Gasteiger partial charge in [0.25, 0.3) is 5.56 Å². The van der Waals surface area contributed by atoms with Crippen LogP contribution in [0.3, 0.4) is 0 Å². The van der Waals surface area contributed by atoms with Crippen molar-refractivity contribution < 1.29 is 4.79 Å². The van der Waals surface area contributed by atoms with Crippen LogP contribution in [-0.2, 0) is 11.3 Å². The van der Waals surface area contributed by atoms with Crippen LogP contribution in [0.2, 0.25) is 0 Å². The van der Waals surface area contributed by atoms with Gasteiger partial charge >= 0.3 is 0 Å². The van der Waals surface area contributed by atoms with Crippen molar-refractivity contribution in [2.45, 2.75) is 20.4 Å². The molecule has 3 aromatic rings. The highest BCUT2D eigenvalue weighted by atomic mass is 32.1. The molecule has 1 amide bonds. The van der Waals surface area contributed by atoms with Crippen molar-refractivity contribution in [2.75, 3.05) is 5.32 Å². The van der Waals surface area contributed by atoms with E-state index < -0.39 is 0 Å². The second-order valence-electron chi connectivity index (χ2n) is 4.82. The lowest BCUT2D eigenvalue weighted by molar-refractivity contribution is -0.116. The molecule has 0 aliphatic heterocycles. The van der Waals surface area contributed by atoms with Crippen LogP contribution in [0.25, 0.3) is 10.9 Å². The summed E-state index contributed by atoms with van der Waals surface area (Å²) in [6, 6.07) is 5.40. The Kier molecular flexibility index (Phi) is 3.68. The third-order valence-corrected chi connectivity index (χ3v) is 3.90. The lowest BCUT2D eigenvalue weighted by Crippen LogP contribution is -2.28. The number of nitrogens with one attached hydrogen (secondary N) is 1. The Hall–Kier alpha value is -2.61. The fraction of sp³-hybridized carbons (Fsp3) is 0.214. The molecule has 0 radical (unpaired) electrons. The molecule has 2 aromatic heterocycles. The zero-order valence-electron chi connectivity index (χ0n) is 12.0. The van der Waals surface area contributed by atoms with E-state index in [0.717, 1.165) is 10.6 Å². The van der Waals surface area contributed by atoms with Crippen molar-refractivity contribution in [3.05, 3.63) is 45.5 Å². The van der Waals surface area contributed by atoms with Crippen LogP contribution in [0.15, 0.2) is 29.3 Å². The van der Waals surface area contributed by atoms with Crippen LogP contribution in [0.4, 0.5) is 5.13 Å². The molecular formula is C14H13N5O2S. The van der Waals surface area contributed by atoms with Crippen LogP contribution < -0.4 is 10.9 Å².